The zero-order valence-corrected chi connectivity index (χ0v) is 12.8. The fourth-order valence-electron chi connectivity index (χ4n) is 4.48. The molecule has 0 aromatic rings. The first-order valence-corrected chi connectivity index (χ1v) is 8.81. The monoisotopic (exact) mass is 278 g/mol. The van der Waals surface area contributed by atoms with Gasteiger partial charge in [-0.05, 0) is 62.9 Å². The first-order chi connectivity index (χ1) is 9.83. The summed E-state index contributed by atoms with van der Waals surface area (Å²) in [5.74, 6) is 2.91. The summed E-state index contributed by atoms with van der Waals surface area (Å²) in [7, 11) is 0. The van der Waals surface area contributed by atoms with Crippen molar-refractivity contribution >= 4 is 5.91 Å². The molecule has 1 aliphatic carbocycles. The number of carbonyl (C=O) groups excluding carboxylic acids is 1. The molecule has 2 aliphatic heterocycles. The van der Waals surface area contributed by atoms with E-state index in [1.54, 1.807) is 0 Å². The molecule has 3 fully saturated rings. The third-order valence-electron chi connectivity index (χ3n) is 5.81. The molecule has 0 radical (unpaired) electrons. The predicted octanol–water partition coefficient (Wildman–Crippen LogP) is 2.80. The number of nitrogens with one attached hydrogen (secondary N) is 1. The summed E-state index contributed by atoms with van der Waals surface area (Å²) < 4.78 is 0. The van der Waals surface area contributed by atoms with Crippen molar-refractivity contribution in [1.29, 1.82) is 0 Å². The molecule has 3 unspecified atom stereocenters. The molecule has 114 valence electrons. The molecule has 1 amide bonds. The van der Waals surface area contributed by atoms with Gasteiger partial charge in [-0.1, -0.05) is 19.3 Å². The van der Waals surface area contributed by atoms with Crippen molar-refractivity contribution in [3.8, 4) is 0 Å². The number of piperidine rings is 2. The van der Waals surface area contributed by atoms with Crippen LogP contribution in [-0.2, 0) is 4.79 Å². The van der Waals surface area contributed by atoms with Crippen LogP contribution >= 0.6 is 0 Å². The Balaban J connectivity index is 1.42. The Bertz CT molecular complexity index is 325. The molecule has 0 bridgehead atoms. The lowest BCUT2D eigenvalue weighted by Crippen LogP contribution is -2.45. The molecular formula is C17H30N2O. The van der Waals surface area contributed by atoms with Crippen LogP contribution in [-0.4, -0.2) is 37.0 Å². The number of amides is 1. The van der Waals surface area contributed by atoms with Crippen LogP contribution in [0.1, 0.15) is 57.8 Å². The molecule has 3 rings (SSSR count). The Hall–Kier alpha value is -0.570. The van der Waals surface area contributed by atoms with Gasteiger partial charge in [-0.2, -0.15) is 0 Å². The number of carbonyl (C=O) groups is 1. The minimum absolute atomic E-state index is 0.430. The molecule has 2 saturated heterocycles. The highest BCUT2D eigenvalue weighted by Gasteiger charge is 2.32. The summed E-state index contributed by atoms with van der Waals surface area (Å²) >= 11 is 0. The first kappa shape index (κ1) is 14.4. The van der Waals surface area contributed by atoms with E-state index in [1.807, 2.05) is 0 Å². The molecule has 0 spiro atoms. The molecule has 3 nitrogen and oxygen atoms in total. The maximum Gasteiger partial charge on any atom is 0.222 e. The number of hydrogen-bond acceptors (Lipinski definition) is 2. The second kappa shape index (κ2) is 6.93. The summed E-state index contributed by atoms with van der Waals surface area (Å²) in [6, 6.07) is 0. The molecule has 3 atom stereocenters. The Morgan fingerprint density at radius 3 is 2.70 bits per heavy atom. The van der Waals surface area contributed by atoms with Crippen LogP contribution in [0.2, 0.25) is 0 Å². The standard InChI is InChI=1S/C17H30N2O/c20-17(8-7-14-4-3-10-18-12-14)19-11-9-15-5-1-2-6-16(15)13-19/h14-16,18H,1-13H2. The summed E-state index contributed by atoms with van der Waals surface area (Å²) in [4.78, 5) is 14.6. The Labute approximate surface area is 123 Å². The lowest BCUT2D eigenvalue weighted by molar-refractivity contribution is -0.134. The molecule has 0 aromatic heterocycles. The average molecular weight is 278 g/mol. The van der Waals surface area contributed by atoms with Crippen LogP contribution in [0.15, 0.2) is 0 Å². The zero-order valence-electron chi connectivity index (χ0n) is 12.8. The molecule has 3 heteroatoms. The van der Waals surface area contributed by atoms with Gasteiger partial charge in [0.15, 0.2) is 0 Å². The van der Waals surface area contributed by atoms with Crippen LogP contribution in [0, 0.1) is 17.8 Å². The van der Waals surface area contributed by atoms with Gasteiger partial charge in [-0.15, -0.1) is 0 Å². The highest BCUT2D eigenvalue weighted by molar-refractivity contribution is 5.76. The van der Waals surface area contributed by atoms with Crippen molar-refractivity contribution < 1.29 is 4.79 Å². The summed E-state index contributed by atoms with van der Waals surface area (Å²) in [5.41, 5.74) is 0. The van der Waals surface area contributed by atoms with Crippen LogP contribution in [0.5, 0.6) is 0 Å². The van der Waals surface area contributed by atoms with Crippen molar-refractivity contribution in [1.82, 2.24) is 10.2 Å². The number of hydrogen-bond donors (Lipinski definition) is 1. The number of fused-ring (bicyclic) bond motifs is 1. The van der Waals surface area contributed by atoms with Crippen molar-refractivity contribution in [2.24, 2.45) is 17.8 Å². The molecule has 3 aliphatic rings. The molecule has 20 heavy (non-hydrogen) atoms. The fourth-order valence-corrected chi connectivity index (χ4v) is 4.48. The third-order valence-corrected chi connectivity index (χ3v) is 5.81. The normalized spacial score (nSPS) is 34.6. The van der Waals surface area contributed by atoms with E-state index in [0.29, 0.717) is 5.91 Å². The quantitative estimate of drug-likeness (QED) is 0.861. The van der Waals surface area contributed by atoms with Crippen molar-refractivity contribution in [3.63, 3.8) is 0 Å². The molecule has 2 heterocycles. The zero-order chi connectivity index (χ0) is 13.8. The molecular weight excluding hydrogens is 248 g/mol. The van der Waals surface area contributed by atoms with Crippen LogP contribution < -0.4 is 5.32 Å². The van der Waals surface area contributed by atoms with E-state index in [4.69, 9.17) is 0 Å². The number of rotatable bonds is 3. The molecule has 1 N–H and O–H groups in total. The Kier molecular flexibility index (Phi) is 4.98. The smallest absolute Gasteiger partial charge is 0.222 e. The van der Waals surface area contributed by atoms with Gasteiger partial charge in [-0.3, -0.25) is 4.79 Å². The van der Waals surface area contributed by atoms with E-state index in [2.05, 4.69) is 10.2 Å². The maximum absolute atomic E-state index is 12.4. The third kappa shape index (κ3) is 3.55. The second-order valence-electron chi connectivity index (χ2n) is 7.18. The van der Waals surface area contributed by atoms with Crippen LogP contribution in [0.4, 0.5) is 0 Å². The Morgan fingerprint density at radius 2 is 1.90 bits per heavy atom. The highest BCUT2D eigenvalue weighted by Crippen LogP contribution is 2.36. The SMILES string of the molecule is O=C(CCC1CCCNC1)N1CCC2CCCCC2C1. The Morgan fingerprint density at radius 1 is 1.05 bits per heavy atom. The topological polar surface area (TPSA) is 32.3 Å². The van der Waals surface area contributed by atoms with Crippen LogP contribution in [0.25, 0.3) is 0 Å². The largest absolute Gasteiger partial charge is 0.342 e. The van der Waals surface area contributed by atoms with Crippen molar-refractivity contribution in [3.05, 3.63) is 0 Å². The van der Waals surface area contributed by atoms with E-state index < -0.39 is 0 Å². The first-order valence-electron chi connectivity index (χ1n) is 8.81. The van der Waals surface area contributed by atoms with Gasteiger partial charge in [0, 0.05) is 19.5 Å². The molecule has 1 saturated carbocycles. The van der Waals surface area contributed by atoms with Gasteiger partial charge >= 0.3 is 0 Å². The molecule has 0 aromatic carbocycles. The van der Waals surface area contributed by atoms with Crippen molar-refractivity contribution in [2.75, 3.05) is 26.2 Å². The number of nitrogens with zero attached hydrogens (tertiary/aromatic N) is 1. The minimum Gasteiger partial charge on any atom is -0.342 e. The van der Waals surface area contributed by atoms with Crippen LogP contribution in [0.3, 0.4) is 0 Å². The van der Waals surface area contributed by atoms with Gasteiger partial charge in [0.25, 0.3) is 0 Å². The van der Waals surface area contributed by atoms with Gasteiger partial charge < -0.3 is 10.2 Å². The second-order valence-corrected chi connectivity index (χ2v) is 7.18. The van der Waals surface area contributed by atoms with E-state index in [9.17, 15) is 4.79 Å². The predicted molar refractivity (Wildman–Crippen MR) is 81.5 cm³/mol. The maximum atomic E-state index is 12.4. The van der Waals surface area contributed by atoms with Gasteiger partial charge in [0.1, 0.15) is 0 Å². The summed E-state index contributed by atoms with van der Waals surface area (Å²) in [6.45, 7) is 4.38. The summed E-state index contributed by atoms with van der Waals surface area (Å²) in [5, 5.41) is 3.45. The average Bonchev–Trinajstić information content (AvgIpc) is 2.53. The summed E-state index contributed by atoms with van der Waals surface area (Å²) in [6.07, 6.45) is 11.3. The lowest BCUT2D eigenvalue weighted by Gasteiger charge is -2.41. The minimum atomic E-state index is 0.430. The van der Waals surface area contributed by atoms with E-state index in [0.717, 1.165) is 50.2 Å². The van der Waals surface area contributed by atoms with Gasteiger partial charge in [0.05, 0.1) is 0 Å². The van der Waals surface area contributed by atoms with Crippen molar-refractivity contribution in [2.45, 2.75) is 57.8 Å². The van der Waals surface area contributed by atoms with Gasteiger partial charge in [0.2, 0.25) is 5.91 Å². The van der Waals surface area contributed by atoms with E-state index in [1.165, 1.54) is 51.5 Å². The highest BCUT2D eigenvalue weighted by atomic mass is 16.2. The number of likely N-dealkylation sites (tertiary alicyclic amines) is 1. The lowest BCUT2D eigenvalue weighted by atomic mass is 9.75. The van der Waals surface area contributed by atoms with E-state index in [-0.39, 0.29) is 0 Å². The fraction of sp³-hybridized carbons (Fsp3) is 0.941. The van der Waals surface area contributed by atoms with Gasteiger partial charge in [-0.25, -0.2) is 0 Å². The van der Waals surface area contributed by atoms with E-state index >= 15 is 0 Å².